The zero-order chi connectivity index (χ0) is 23.3. The zero-order valence-electron chi connectivity index (χ0n) is 18.8. The third-order valence-corrected chi connectivity index (χ3v) is 6.41. The van der Waals surface area contributed by atoms with Crippen LogP contribution in [0.15, 0.2) is 18.6 Å². The number of aliphatic hydroxyl groups is 2. The third-order valence-electron chi connectivity index (χ3n) is 6.41. The van der Waals surface area contributed by atoms with Gasteiger partial charge >= 0.3 is 0 Å². The molecule has 10 heteroatoms. The molecule has 0 radical (unpaired) electrons. The van der Waals surface area contributed by atoms with E-state index in [9.17, 15) is 10.2 Å². The summed E-state index contributed by atoms with van der Waals surface area (Å²) in [5, 5.41) is 25.8. The molecule has 1 saturated carbocycles. The molecule has 2 aliphatic rings. The predicted octanol–water partition coefficient (Wildman–Crippen LogP) is 1.82. The monoisotopic (exact) mass is 457 g/mol. The Morgan fingerprint density at radius 3 is 2.79 bits per heavy atom. The van der Waals surface area contributed by atoms with Crippen molar-refractivity contribution in [2.24, 2.45) is 0 Å². The summed E-state index contributed by atoms with van der Waals surface area (Å²) in [4.78, 5) is 12.9. The Bertz CT molecular complexity index is 1180. The highest BCUT2D eigenvalue weighted by atomic mass is 19.1. The van der Waals surface area contributed by atoms with E-state index in [1.165, 1.54) is 6.33 Å². The number of aryl methyl sites for hydroxylation is 1. The lowest BCUT2D eigenvalue weighted by Gasteiger charge is -2.25. The summed E-state index contributed by atoms with van der Waals surface area (Å²) in [6, 6.07) is 1.45. The molecule has 0 aromatic carbocycles. The smallest absolute Gasteiger partial charge is 0.254 e. The van der Waals surface area contributed by atoms with Gasteiger partial charge in [0.1, 0.15) is 30.3 Å². The van der Waals surface area contributed by atoms with Gasteiger partial charge in [0.05, 0.1) is 17.8 Å². The van der Waals surface area contributed by atoms with Crippen molar-refractivity contribution < 1.29 is 24.1 Å². The van der Waals surface area contributed by atoms with Crippen LogP contribution in [0.1, 0.15) is 43.1 Å². The minimum atomic E-state index is -1.15. The lowest BCUT2D eigenvalue weighted by atomic mass is 10.0. The summed E-state index contributed by atoms with van der Waals surface area (Å²) in [5.74, 6) is -0.346. The number of rotatable bonds is 5. The summed E-state index contributed by atoms with van der Waals surface area (Å²) < 4.78 is 28.6. The molecule has 5 rings (SSSR count). The number of hydrogen-bond acceptors (Lipinski definition) is 8. The topological polar surface area (TPSA) is 115 Å². The Morgan fingerprint density at radius 2 is 2.00 bits per heavy atom. The second kappa shape index (κ2) is 8.51. The van der Waals surface area contributed by atoms with E-state index < -0.39 is 30.2 Å². The lowest BCUT2D eigenvalue weighted by Crippen LogP contribution is -2.35. The van der Waals surface area contributed by atoms with Crippen LogP contribution in [0.3, 0.4) is 0 Å². The molecule has 9 nitrogen and oxygen atoms in total. The van der Waals surface area contributed by atoms with Gasteiger partial charge in [-0.3, -0.25) is 0 Å². The molecule has 1 aliphatic heterocycles. The minimum Gasteiger partial charge on any atom is -0.473 e. The van der Waals surface area contributed by atoms with Gasteiger partial charge in [-0.15, -0.1) is 0 Å². The van der Waals surface area contributed by atoms with Gasteiger partial charge in [0.2, 0.25) is 5.88 Å². The highest BCUT2D eigenvalue weighted by Gasteiger charge is 2.45. The Kier molecular flexibility index (Phi) is 5.67. The minimum absolute atomic E-state index is 0.103. The van der Waals surface area contributed by atoms with Crippen LogP contribution in [-0.2, 0) is 13.0 Å². The first-order valence-corrected chi connectivity index (χ1v) is 11.2. The average Bonchev–Trinajstić information content (AvgIpc) is 3.34. The molecule has 4 heterocycles. The molecule has 4 atom stereocenters. The van der Waals surface area contributed by atoms with Gasteiger partial charge in [-0.05, 0) is 39.8 Å². The first-order valence-electron chi connectivity index (χ1n) is 11.2. The molecule has 3 aromatic rings. The Labute approximate surface area is 190 Å². The van der Waals surface area contributed by atoms with Gasteiger partial charge in [0.25, 0.3) is 5.88 Å². The van der Waals surface area contributed by atoms with Crippen molar-refractivity contribution >= 4 is 11.0 Å². The van der Waals surface area contributed by atoms with Crippen LogP contribution in [0.25, 0.3) is 11.0 Å². The number of nitrogens with one attached hydrogen (secondary N) is 1. The fourth-order valence-corrected chi connectivity index (χ4v) is 4.74. The van der Waals surface area contributed by atoms with Crippen LogP contribution < -0.4 is 14.8 Å². The summed E-state index contributed by atoms with van der Waals surface area (Å²) in [6.45, 7) is 6.55. The fourth-order valence-electron chi connectivity index (χ4n) is 4.74. The molecule has 176 valence electrons. The van der Waals surface area contributed by atoms with Crippen LogP contribution in [0, 0.1) is 12.7 Å². The SMILES string of the molecule is Cc1ncnc2c1ccn2C1CC(Oc2nc(OC(C)C)c(F)c3c2CNCC3)C(O)C1O. The van der Waals surface area contributed by atoms with Crippen molar-refractivity contribution in [3.8, 4) is 11.8 Å². The van der Waals surface area contributed by atoms with E-state index in [0.29, 0.717) is 42.7 Å². The van der Waals surface area contributed by atoms with Crippen LogP contribution in [-0.4, -0.2) is 60.7 Å². The van der Waals surface area contributed by atoms with Crippen molar-refractivity contribution in [1.29, 1.82) is 0 Å². The Balaban J connectivity index is 1.46. The maximum atomic E-state index is 15.0. The molecule has 4 unspecified atom stereocenters. The number of ether oxygens (including phenoxy) is 2. The predicted molar refractivity (Wildman–Crippen MR) is 118 cm³/mol. The standard InChI is InChI=1S/C23H28FN5O4/c1-11(2)32-23-18(24)14-4-6-25-9-15(14)22(28-23)33-17-8-16(19(30)20(17)31)29-7-5-13-12(3)26-10-27-21(13)29/h5,7,10-11,16-17,19-20,25,30-31H,4,6,8-9H2,1-3H3. The van der Waals surface area contributed by atoms with E-state index in [1.54, 1.807) is 13.8 Å². The zero-order valence-corrected chi connectivity index (χ0v) is 18.8. The molecule has 0 bridgehead atoms. The van der Waals surface area contributed by atoms with E-state index in [-0.39, 0.29) is 17.9 Å². The van der Waals surface area contributed by atoms with Crippen LogP contribution in [0.2, 0.25) is 0 Å². The maximum absolute atomic E-state index is 15.0. The summed E-state index contributed by atoms with van der Waals surface area (Å²) in [7, 11) is 0. The molecule has 0 spiro atoms. The molecule has 33 heavy (non-hydrogen) atoms. The number of aromatic nitrogens is 4. The molecule has 0 saturated heterocycles. The highest BCUT2D eigenvalue weighted by Crippen LogP contribution is 2.38. The third kappa shape index (κ3) is 3.81. The van der Waals surface area contributed by atoms with E-state index in [4.69, 9.17) is 9.47 Å². The van der Waals surface area contributed by atoms with Crippen LogP contribution >= 0.6 is 0 Å². The van der Waals surface area contributed by atoms with E-state index in [1.807, 2.05) is 23.8 Å². The Morgan fingerprint density at radius 1 is 1.18 bits per heavy atom. The maximum Gasteiger partial charge on any atom is 0.254 e. The number of hydrogen-bond donors (Lipinski definition) is 3. The summed E-state index contributed by atoms with van der Waals surface area (Å²) in [5.41, 5.74) is 2.66. The number of nitrogens with zero attached hydrogens (tertiary/aromatic N) is 4. The molecule has 0 amide bonds. The van der Waals surface area contributed by atoms with Crippen molar-refractivity contribution in [2.75, 3.05) is 6.54 Å². The van der Waals surface area contributed by atoms with E-state index in [2.05, 4.69) is 20.3 Å². The molecule has 1 fully saturated rings. The molecule has 3 aromatic heterocycles. The number of fused-ring (bicyclic) bond motifs is 2. The Hall–Kier alpha value is -2.82. The average molecular weight is 458 g/mol. The highest BCUT2D eigenvalue weighted by molar-refractivity contribution is 5.78. The van der Waals surface area contributed by atoms with Crippen molar-refractivity contribution in [1.82, 2.24) is 24.8 Å². The van der Waals surface area contributed by atoms with Gasteiger partial charge in [0, 0.05) is 35.7 Å². The number of halogens is 1. The molecule has 3 N–H and O–H groups in total. The van der Waals surface area contributed by atoms with E-state index >= 15 is 4.39 Å². The first-order chi connectivity index (χ1) is 15.8. The van der Waals surface area contributed by atoms with Crippen LogP contribution in [0.4, 0.5) is 4.39 Å². The van der Waals surface area contributed by atoms with E-state index in [0.717, 1.165) is 11.1 Å². The normalized spacial score (nSPS) is 24.9. The van der Waals surface area contributed by atoms with Crippen molar-refractivity contribution in [2.45, 2.75) is 70.6 Å². The molecule has 1 aliphatic carbocycles. The second-order valence-electron chi connectivity index (χ2n) is 8.95. The largest absolute Gasteiger partial charge is 0.473 e. The summed E-state index contributed by atoms with van der Waals surface area (Å²) >= 11 is 0. The number of pyridine rings is 1. The van der Waals surface area contributed by atoms with Gasteiger partial charge in [0.15, 0.2) is 5.82 Å². The lowest BCUT2D eigenvalue weighted by molar-refractivity contribution is -0.0180. The number of aliphatic hydroxyl groups excluding tert-OH is 2. The molecular weight excluding hydrogens is 429 g/mol. The van der Waals surface area contributed by atoms with Gasteiger partial charge < -0.3 is 29.6 Å². The van der Waals surface area contributed by atoms with Crippen molar-refractivity contribution in [3.05, 3.63) is 41.2 Å². The van der Waals surface area contributed by atoms with Gasteiger partial charge in [-0.25, -0.2) is 14.4 Å². The first kappa shape index (κ1) is 22.0. The molecular formula is C23H28FN5O4. The second-order valence-corrected chi connectivity index (χ2v) is 8.95. The quantitative estimate of drug-likeness (QED) is 0.532. The fraction of sp³-hybridized carbons (Fsp3) is 0.522. The summed E-state index contributed by atoms with van der Waals surface area (Å²) in [6.07, 6.45) is 0.934. The van der Waals surface area contributed by atoms with Crippen molar-refractivity contribution in [3.63, 3.8) is 0 Å². The van der Waals surface area contributed by atoms with Crippen LogP contribution in [0.5, 0.6) is 11.8 Å². The van der Waals surface area contributed by atoms with Gasteiger partial charge in [-0.1, -0.05) is 0 Å². The van der Waals surface area contributed by atoms with Gasteiger partial charge in [-0.2, -0.15) is 4.98 Å².